The molecule has 1 aliphatic rings. The van der Waals surface area contributed by atoms with Gasteiger partial charge in [0.1, 0.15) is 17.5 Å². The van der Waals surface area contributed by atoms with Crippen LogP contribution in [0.1, 0.15) is 22.0 Å². The van der Waals surface area contributed by atoms with Gasteiger partial charge in [0, 0.05) is 45.8 Å². The third kappa shape index (κ3) is 2.89. The second kappa shape index (κ2) is 6.79. The molecule has 1 aromatic carbocycles. The van der Waals surface area contributed by atoms with Gasteiger partial charge in [-0.2, -0.15) is 5.10 Å². The summed E-state index contributed by atoms with van der Waals surface area (Å²) in [7, 11) is 3.87. The molecule has 0 saturated carbocycles. The molecule has 4 aromatic rings. The van der Waals surface area contributed by atoms with Crippen molar-refractivity contribution in [3.63, 3.8) is 0 Å². The van der Waals surface area contributed by atoms with Crippen LogP contribution in [0.4, 0.5) is 5.82 Å². The smallest absolute Gasteiger partial charge is 0.254 e. The minimum absolute atomic E-state index is 0.0465. The quantitative estimate of drug-likeness (QED) is 0.507. The summed E-state index contributed by atoms with van der Waals surface area (Å²) in [4.78, 5) is 30.9. The topological polar surface area (TPSA) is 85.0 Å². The molecule has 5 rings (SSSR count). The lowest BCUT2D eigenvalue weighted by molar-refractivity contribution is 0.0746. The van der Waals surface area contributed by atoms with Crippen molar-refractivity contribution >= 4 is 33.8 Å². The van der Waals surface area contributed by atoms with Crippen LogP contribution >= 0.6 is 0 Å². The Morgan fingerprint density at radius 2 is 1.77 bits per heavy atom. The van der Waals surface area contributed by atoms with Crippen LogP contribution in [-0.2, 0) is 14.1 Å². The Labute approximate surface area is 173 Å². The van der Waals surface area contributed by atoms with Crippen molar-refractivity contribution < 1.29 is 4.79 Å². The molecular weight excluding hydrogens is 380 g/mol. The van der Waals surface area contributed by atoms with Crippen molar-refractivity contribution in [3.05, 3.63) is 41.6 Å². The molecule has 3 aromatic heterocycles. The molecule has 0 N–H and O–H groups in total. The van der Waals surface area contributed by atoms with E-state index in [9.17, 15) is 4.79 Å². The van der Waals surface area contributed by atoms with Gasteiger partial charge in [0.05, 0.1) is 22.6 Å². The van der Waals surface area contributed by atoms with E-state index in [1.54, 1.807) is 4.68 Å². The summed E-state index contributed by atoms with van der Waals surface area (Å²) in [5.74, 6) is 2.59. The molecule has 30 heavy (non-hydrogen) atoms. The number of hydrogen-bond acceptors (Lipinski definition) is 6. The SMILES string of the molecule is Cc1nc(N2CCN(C(=O)c3ccc4c(c3)nc(C)n4C)CC2)c2cnn(C)c2n1. The molecule has 0 atom stereocenters. The number of imidazole rings is 1. The summed E-state index contributed by atoms with van der Waals surface area (Å²) in [6, 6.07) is 5.76. The predicted molar refractivity (Wildman–Crippen MR) is 115 cm³/mol. The second-order valence-electron chi connectivity index (χ2n) is 7.80. The van der Waals surface area contributed by atoms with Gasteiger partial charge in [-0.25, -0.2) is 15.0 Å². The van der Waals surface area contributed by atoms with Gasteiger partial charge in [0.25, 0.3) is 5.91 Å². The minimum atomic E-state index is 0.0465. The zero-order valence-electron chi connectivity index (χ0n) is 17.6. The Balaban J connectivity index is 1.35. The highest BCUT2D eigenvalue weighted by atomic mass is 16.2. The molecule has 1 fully saturated rings. The molecule has 154 valence electrons. The lowest BCUT2D eigenvalue weighted by Crippen LogP contribution is -2.49. The maximum atomic E-state index is 13.1. The predicted octanol–water partition coefficient (Wildman–Crippen LogP) is 1.83. The average Bonchev–Trinajstić information content (AvgIpc) is 3.26. The standard InChI is InChI=1S/C21H24N8O/c1-13-23-19-16(12-22-27(19)4)20(24-13)28-7-9-29(10-8-28)21(30)15-5-6-18-17(11-15)25-14(2)26(18)3/h5-6,11-12H,7-10H2,1-4H3. The summed E-state index contributed by atoms with van der Waals surface area (Å²) in [5, 5.41) is 5.27. The zero-order chi connectivity index (χ0) is 21.0. The highest BCUT2D eigenvalue weighted by Gasteiger charge is 2.25. The van der Waals surface area contributed by atoms with E-state index >= 15 is 0 Å². The summed E-state index contributed by atoms with van der Waals surface area (Å²) >= 11 is 0. The van der Waals surface area contributed by atoms with E-state index in [0.29, 0.717) is 18.7 Å². The third-order valence-electron chi connectivity index (χ3n) is 5.90. The van der Waals surface area contributed by atoms with Crippen molar-refractivity contribution in [1.82, 2.24) is 34.2 Å². The molecule has 0 radical (unpaired) electrons. The maximum absolute atomic E-state index is 13.1. The highest BCUT2D eigenvalue weighted by Crippen LogP contribution is 2.25. The van der Waals surface area contributed by atoms with Crippen molar-refractivity contribution in [2.45, 2.75) is 13.8 Å². The van der Waals surface area contributed by atoms with Gasteiger partial charge in [-0.05, 0) is 32.0 Å². The van der Waals surface area contributed by atoms with E-state index in [-0.39, 0.29) is 5.91 Å². The fourth-order valence-corrected chi connectivity index (χ4v) is 4.11. The van der Waals surface area contributed by atoms with E-state index in [1.807, 2.05) is 61.8 Å². The number of nitrogens with zero attached hydrogens (tertiary/aromatic N) is 8. The summed E-state index contributed by atoms with van der Waals surface area (Å²) in [6.07, 6.45) is 1.81. The lowest BCUT2D eigenvalue weighted by atomic mass is 10.1. The zero-order valence-corrected chi connectivity index (χ0v) is 17.6. The fraction of sp³-hybridized carbons (Fsp3) is 0.381. The first kappa shape index (κ1) is 18.5. The van der Waals surface area contributed by atoms with Gasteiger partial charge in [-0.1, -0.05) is 0 Å². The molecule has 1 amide bonds. The summed E-state index contributed by atoms with van der Waals surface area (Å²) < 4.78 is 3.80. The first-order valence-electron chi connectivity index (χ1n) is 10.1. The molecule has 4 heterocycles. The molecule has 0 aliphatic carbocycles. The fourth-order valence-electron chi connectivity index (χ4n) is 4.11. The van der Waals surface area contributed by atoms with E-state index in [1.165, 1.54) is 0 Å². The number of hydrogen-bond donors (Lipinski definition) is 0. The van der Waals surface area contributed by atoms with Crippen LogP contribution in [0, 0.1) is 13.8 Å². The molecule has 0 spiro atoms. The van der Waals surface area contributed by atoms with Gasteiger partial charge in [0.2, 0.25) is 0 Å². The van der Waals surface area contributed by atoms with Crippen LogP contribution in [0.2, 0.25) is 0 Å². The molecule has 1 saturated heterocycles. The van der Waals surface area contributed by atoms with Crippen LogP contribution < -0.4 is 4.90 Å². The number of anilines is 1. The molecule has 9 nitrogen and oxygen atoms in total. The normalized spacial score (nSPS) is 14.8. The van der Waals surface area contributed by atoms with Gasteiger partial charge in [-0.3, -0.25) is 9.48 Å². The first-order valence-corrected chi connectivity index (χ1v) is 10.1. The number of rotatable bonds is 2. The van der Waals surface area contributed by atoms with Crippen LogP contribution in [-0.4, -0.2) is 66.3 Å². The van der Waals surface area contributed by atoms with E-state index in [0.717, 1.165) is 52.6 Å². The third-order valence-corrected chi connectivity index (χ3v) is 5.90. The number of aromatic nitrogens is 6. The van der Waals surface area contributed by atoms with Crippen LogP contribution in [0.25, 0.3) is 22.1 Å². The van der Waals surface area contributed by atoms with Crippen molar-refractivity contribution in [2.24, 2.45) is 14.1 Å². The Bertz CT molecular complexity index is 1280. The van der Waals surface area contributed by atoms with Crippen LogP contribution in [0.5, 0.6) is 0 Å². The Morgan fingerprint density at radius 1 is 1.00 bits per heavy atom. The number of benzene rings is 1. The van der Waals surface area contributed by atoms with E-state index < -0.39 is 0 Å². The molecule has 1 aliphatic heterocycles. The Morgan fingerprint density at radius 3 is 2.53 bits per heavy atom. The number of aryl methyl sites for hydroxylation is 4. The molecule has 0 unspecified atom stereocenters. The number of piperazine rings is 1. The van der Waals surface area contributed by atoms with Gasteiger partial charge >= 0.3 is 0 Å². The molecule has 0 bridgehead atoms. The summed E-state index contributed by atoms with van der Waals surface area (Å²) in [6.45, 7) is 6.58. The van der Waals surface area contributed by atoms with Gasteiger partial charge in [-0.15, -0.1) is 0 Å². The average molecular weight is 404 g/mol. The number of carbonyl (C=O) groups is 1. The Kier molecular flexibility index (Phi) is 4.19. The van der Waals surface area contributed by atoms with Crippen LogP contribution in [0.3, 0.4) is 0 Å². The molecular formula is C21H24N8O. The van der Waals surface area contributed by atoms with Crippen molar-refractivity contribution in [3.8, 4) is 0 Å². The number of fused-ring (bicyclic) bond motifs is 2. The van der Waals surface area contributed by atoms with E-state index in [2.05, 4.69) is 25.0 Å². The van der Waals surface area contributed by atoms with Crippen molar-refractivity contribution in [2.75, 3.05) is 31.1 Å². The molecule has 9 heteroatoms. The maximum Gasteiger partial charge on any atom is 0.254 e. The monoisotopic (exact) mass is 404 g/mol. The van der Waals surface area contributed by atoms with Crippen LogP contribution in [0.15, 0.2) is 24.4 Å². The first-order chi connectivity index (χ1) is 14.4. The highest BCUT2D eigenvalue weighted by molar-refractivity contribution is 5.97. The summed E-state index contributed by atoms with van der Waals surface area (Å²) in [5.41, 5.74) is 3.40. The van der Waals surface area contributed by atoms with Gasteiger partial charge < -0.3 is 14.4 Å². The Hall–Kier alpha value is -3.49. The largest absolute Gasteiger partial charge is 0.352 e. The number of carbonyl (C=O) groups excluding carboxylic acids is 1. The second-order valence-corrected chi connectivity index (χ2v) is 7.80. The van der Waals surface area contributed by atoms with Crippen molar-refractivity contribution in [1.29, 1.82) is 0 Å². The number of amides is 1. The minimum Gasteiger partial charge on any atom is -0.352 e. The van der Waals surface area contributed by atoms with Gasteiger partial charge in [0.15, 0.2) is 5.65 Å². The van der Waals surface area contributed by atoms with E-state index in [4.69, 9.17) is 0 Å². The lowest BCUT2D eigenvalue weighted by Gasteiger charge is -2.35.